The van der Waals surface area contributed by atoms with Crippen molar-refractivity contribution in [2.24, 2.45) is 0 Å². The number of ketones is 1. The lowest BCUT2D eigenvalue weighted by molar-refractivity contribution is -0.116. The number of rotatable bonds is 6. The van der Waals surface area contributed by atoms with Crippen LogP contribution in [-0.2, 0) is 4.79 Å². The highest BCUT2D eigenvalue weighted by atomic mass is 16.3. The highest BCUT2D eigenvalue weighted by Crippen LogP contribution is 2.19. The average molecular weight is 302 g/mol. The molecule has 1 atom stereocenters. The van der Waals surface area contributed by atoms with Gasteiger partial charge in [0, 0.05) is 31.4 Å². The molecule has 0 spiro atoms. The quantitative estimate of drug-likeness (QED) is 0.426. The molecule has 0 aliphatic rings. The molecule has 0 fully saturated rings. The normalized spacial score (nSPS) is 14.5. The van der Waals surface area contributed by atoms with E-state index in [0.29, 0.717) is 11.1 Å². The van der Waals surface area contributed by atoms with Crippen LogP contribution in [0.2, 0.25) is 0 Å². The van der Waals surface area contributed by atoms with Gasteiger partial charge >= 0.3 is 0 Å². The molecule has 22 heavy (non-hydrogen) atoms. The summed E-state index contributed by atoms with van der Waals surface area (Å²) in [6, 6.07) is 6.86. The summed E-state index contributed by atoms with van der Waals surface area (Å²) >= 11 is 0. The second-order valence-corrected chi connectivity index (χ2v) is 5.14. The Kier molecular flexibility index (Phi) is 6.07. The number of hydrogen-bond donors (Lipinski definition) is 3. The molecule has 5 heteroatoms. The zero-order chi connectivity index (χ0) is 16.8. The van der Waals surface area contributed by atoms with Crippen molar-refractivity contribution in [3.63, 3.8) is 0 Å². The number of likely N-dealkylation sites (N-methyl/N-ethyl adjacent to an activating group) is 1. The lowest BCUT2D eigenvalue weighted by atomic mass is 9.92. The van der Waals surface area contributed by atoms with E-state index in [-0.39, 0.29) is 5.91 Å². The molecule has 0 saturated carbocycles. The Morgan fingerprint density at radius 3 is 2.23 bits per heavy atom. The minimum atomic E-state index is -1.64. The summed E-state index contributed by atoms with van der Waals surface area (Å²) in [6.45, 7) is 3.14. The third-order valence-electron chi connectivity index (χ3n) is 3.15. The lowest BCUT2D eigenvalue weighted by Crippen LogP contribution is -2.33. The Morgan fingerprint density at radius 1 is 1.14 bits per heavy atom. The molecule has 0 unspecified atom stereocenters. The number of aliphatic hydroxyl groups is 1. The first kappa shape index (κ1) is 17.7. The molecule has 3 N–H and O–H groups in total. The fourth-order valence-electron chi connectivity index (χ4n) is 1.93. The van der Waals surface area contributed by atoms with Crippen molar-refractivity contribution in [2.45, 2.75) is 19.4 Å². The molecule has 118 valence electrons. The van der Waals surface area contributed by atoms with E-state index in [2.05, 4.69) is 10.6 Å². The van der Waals surface area contributed by atoms with Crippen LogP contribution in [0.4, 0.5) is 5.69 Å². The number of amides is 1. The SMILES string of the molecule is CNC(=O)/C=C/C(C)=C/[C@@](C)(O)C(=O)c1ccc(NC)cc1. The van der Waals surface area contributed by atoms with Crippen molar-refractivity contribution >= 4 is 17.4 Å². The zero-order valence-electron chi connectivity index (χ0n) is 13.3. The summed E-state index contributed by atoms with van der Waals surface area (Å²) in [5.74, 6) is -0.649. The molecule has 0 aromatic heterocycles. The molecular weight excluding hydrogens is 280 g/mol. The maximum atomic E-state index is 12.4. The van der Waals surface area contributed by atoms with Crippen LogP contribution in [0, 0.1) is 0 Å². The van der Waals surface area contributed by atoms with Crippen molar-refractivity contribution in [3.8, 4) is 0 Å². The van der Waals surface area contributed by atoms with Gasteiger partial charge in [0.25, 0.3) is 0 Å². The minimum absolute atomic E-state index is 0.249. The molecule has 1 aromatic carbocycles. The lowest BCUT2D eigenvalue weighted by Gasteiger charge is -2.18. The number of benzene rings is 1. The zero-order valence-corrected chi connectivity index (χ0v) is 13.3. The minimum Gasteiger partial charge on any atom is -0.388 e. The Labute approximate surface area is 130 Å². The van der Waals surface area contributed by atoms with Crippen molar-refractivity contribution < 1.29 is 14.7 Å². The van der Waals surface area contributed by atoms with Crippen LogP contribution in [0.25, 0.3) is 0 Å². The fraction of sp³-hybridized carbons (Fsp3) is 0.294. The van der Waals surface area contributed by atoms with Crippen LogP contribution < -0.4 is 10.6 Å². The highest BCUT2D eigenvalue weighted by molar-refractivity contribution is 6.03. The fourth-order valence-corrected chi connectivity index (χ4v) is 1.93. The Hall–Kier alpha value is -2.40. The number of carbonyl (C=O) groups excluding carboxylic acids is 2. The second kappa shape index (κ2) is 7.56. The van der Waals surface area contributed by atoms with Crippen LogP contribution in [-0.4, -0.2) is 36.5 Å². The van der Waals surface area contributed by atoms with E-state index in [4.69, 9.17) is 0 Å². The van der Waals surface area contributed by atoms with Crippen molar-refractivity contribution in [3.05, 3.63) is 53.6 Å². The third kappa shape index (κ3) is 4.86. The molecule has 0 saturated heterocycles. The summed E-state index contributed by atoms with van der Waals surface area (Å²) in [6.07, 6.45) is 4.32. The average Bonchev–Trinajstić information content (AvgIpc) is 2.51. The molecule has 0 bridgehead atoms. The van der Waals surface area contributed by atoms with E-state index in [0.717, 1.165) is 5.69 Å². The monoisotopic (exact) mass is 302 g/mol. The van der Waals surface area contributed by atoms with Crippen LogP contribution >= 0.6 is 0 Å². The van der Waals surface area contributed by atoms with Gasteiger partial charge < -0.3 is 15.7 Å². The van der Waals surface area contributed by atoms with E-state index in [1.54, 1.807) is 44.3 Å². The maximum absolute atomic E-state index is 12.4. The van der Waals surface area contributed by atoms with Gasteiger partial charge in [-0.1, -0.05) is 11.6 Å². The van der Waals surface area contributed by atoms with Crippen molar-refractivity contribution in [1.29, 1.82) is 0 Å². The molecule has 0 heterocycles. The largest absolute Gasteiger partial charge is 0.388 e. The molecule has 1 amide bonds. The maximum Gasteiger partial charge on any atom is 0.243 e. The van der Waals surface area contributed by atoms with E-state index < -0.39 is 11.4 Å². The smallest absolute Gasteiger partial charge is 0.243 e. The summed E-state index contributed by atoms with van der Waals surface area (Å²) in [5.41, 5.74) is 0.284. The van der Waals surface area contributed by atoms with Gasteiger partial charge in [0.1, 0.15) is 5.60 Å². The molecule has 1 aromatic rings. The van der Waals surface area contributed by atoms with Gasteiger partial charge in [0.05, 0.1) is 0 Å². The first-order valence-corrected chi connectivity index (χ1v) is 6.94. The standard InChI is InChI=1S/C17H22N2O3/c1-12(5-10-15(20)19-4)11-17(2,22)16(21)13-6-8-14(18-3)9-7-13/h5-11,18,22H,1-4H3,(H,19,20)/b10-5+,12-11+/t17-/m1/s1. The van der Waals surface area contributed by atoms with Gasteiger partial charge in [-0.25, -0.2) is 0 Å². The van der Waals surface area contributed by atoms with Gasteiger partial charge in [0.15, 0.2) is 5.78 Å². The number of Topliss-reactive ketones (excluding diaryl/α,β-unsaturated/α-hetero) is 1. The Balaban J connectivity index is 2.93. The Bertz CT molecular complexity index is 599. The molecule has 0 radical (unpaired) electrons. The van der Waals surface area contributed by atoms with Gasteiger partial charge in [-0.3, -0.25) is 9.59 Å². The predicted molar refractivity (Wildman–Crippen MR) is 87.9 cm³/mol. The summed E-state index contributed by atoms with van der Waals surface area (Å²) in [4.78, 5) is 23.5. The van der Waals surface area contributed by atoms with E-state index in [9.17, 15) is 14.7 Å². The van der Waals surface area contributed by atoms with E-state index in [1.807, 2.05) is 0 Å². The van der Waals surface area contributed by atoms with Gasteiger partial charge in [0.2, 0.25) is 5.91 Å². The topological polar surface area (TPSA) is 78.4 Å². The van der Waals surface area contributed by atoms with E-state index >= 15 is 0 Å². The molecule has 1 rings (SSSR count). The Morgan fingerprint density at radius 2 is 1.73 bits per heavy atom. The number of nitrogens with one attached hydrogen (secondary N) is 2. The van der Waals surface area contributed by atoms with Crippen molar-refractivity contribution in [1.82, 2.24) is 5.32 Å². The third-order valence-corrected chi connectivity index (χ3v) is 3.15. The van der Waals surface area contributed by atoms with Crippen molar-refractivity contribution in [2.75, 3.05) is 19.4 Å². The van der Waals surface area contributed by atoms with Gasteiger partial charge in [-0.05, 0) is 44.2 Å². The molecule has 0 aliphatic heterocycles. The highest BCUT2D eigenvalue weighted by Gasteiger charge is 2.28. The summed E-state index contributed by atoms with van der Waals surface area (Å²) < 4.78 is 0. The van der Waals surface area contributed by atoms with Crippen LogP contribution in [0.1, 0.15) is 24.2 Å². The first-order chi connectivity index (χ1) is 10.3. The number of anilines is 1. The molecule has 5 nitrogen and oxygen atoms in total. The summed E-state index contributed by atoms with van der Waals surface area (Å²) in [5, 5.41) is 15.8. The van der Waals surface area contributed by atoms with Crippen LogP contribution in [0.3, 0.4) is 0 Å². The number of carbonyl (C=O) groups is 2. The number of allylic oxidation sites excluding steroid dienone is 2. The van der Waals surface area contributed by atoms with Gasteiger partial charge in [-0.2, -0.15) is 0 Å². The predicted octanol–water partition coefficient (Wildman–Crippen LogP) is 1.91. The molecule has 0 aliphatic carbocycles. The van der Waals surface area contributed by atoms with Crippen LogP contribution in [0.5, 0.6) is 0 Å². The van der Waals surface area contributed by atoms with E-state index in [1.165, 1.54) is 26.1 Å². The first-order valence-electron chi connectivity index (χ1n) is 6.94. The second-order valence-electron chi connectivity index (χ2n) is 5.14. The molecular formula is C17H22N2O3. The van der Waals surface area contributed by atoms with Gasteiger partial charge in [-0.15, -0.1) is 0 Å². The number of hydrogen-bond acceptors (Lipinski definition) is 4. The summed E-state index contributed by atoms with van der Waals surface area (Å²) in [7, 11) is 3.32. The van der Waals surface area contributed by atoms with Crippen LogP contribution in [0.15, 0.2) is 48.1 Å².